The maximum atomic E-state index is 12.9. The van der Waals surface area contributed by atoms with Crippen molar-refractivity contribution in [1.82, 2.24) is 14.9 Å². The Morgan fingerprint density at radius 2 is 2.11 bits per heavy atom. The molecule has 0 spiro atoms. The molecule has 0 aliphatic carbocycles. The minimum atomic E-state index is -4.95. The number of aromatic amines is 2. The lowest BCUT2D eigenvalue weighted by molar-refractivity contribution is -0.186. The highest BCUT2D eigenvalue weighted by Crippen LogP contribution is 2.28. The summed E-state index contributed by atoms with van der Waals surface area (Å²) in [5.74, 6) is -1.57. The van der Waals surface area contributed by atoms with Gasteiger partial charge in [0.25, 0.3) is 0 Å². The number of ether oxygens (including phenoxy) is 1. The molecular formula is C16H13ClF3N3O2S2. The predicted molar refractivity (Wildman–Crippen MR) is 99.8 cm³/mol. The maximum Gasteiger partial charge on any atom is 0.471 e. The molecule has 0 bridgehead atoms. The maximum absolute atomic E-state index is 12.9. The van der Waals surface area contributed by atoms with Gasteiger partial charge < -0.3 is 19.6 Å². The number of fused-ring (bicyclic) bond motifs is 1. The minimum absolute atomic E-state index is 0.146. The first kappa shape index (κ1) is 19.7. The summed E-state index contributed by atoms with van der Waals surface area (Å²) >= 11 is 12.4. The van der Waals surface area contributed by atoms with Crippen LogP contribution in [0.1, 0.15) is 5.56 Å². The third kappa shape index (κ3) is 4.82. The number of rotatable bonds is 6. The molecule has 11 heteroatoms. The van der Waals surface area contributed by atoms with Crippen molar-refractivity contribution >= 4 is 52.1 Å². The van der Waals surface area contributed by atoms with Gasteiger partial charge >= 0.3 is 12.1 Å². The third-order valence-electron chi connectivity index (χ3n) is 3.66. The Labute approximate surface area is 165 Å². The third-order valence-corrected chi connectivity index (χ3v) is 4.81. The van der Waals surface area contributed by atoms with Crippen LogP contribution in [0, 0.1) is 4.77 Å². The summed E-state index contributed by atoms with van der Waals surface area (Å²) in [6.07, 6.45) is -4.95. The van der Waals surface area contributed by atoms with E-state index in [4.69, 9.17) is 28.6 Å². The van der Waals surface area contributed by atoms with E-state index in [1.807, 2.05) is 0 Å². The van der Waals surface area contributed by atoms with E-state index in [-0.39, 0.29) is 19.7 Å². The first-order valence-electron chi connectivity index (χ1n) is 7.65. The molecule has 2 N–H and O–H groups in total. The first-order valence-corrected chi connectivity index (χ1v) is 9.38. The predicted octanol–water partition coefficient (Wildman–Crippen LogP) is 4.91. The topological polar surface area (TPSA) is 61.1 Å². The van der Waals surface area contributed by atoms with Crippen molar-refractivity contribution in [3.8, 4) is 5.75 Å². The number of nitrogens with zero attached hydrogens (tertiary/aromatic N) is 1. The quantitative estimate of drug-likeness (QED) is 0.541. The van der Waals surface area contributed by atoms with Gasteiger partial charge in [-0.15, -0.1) is 0 Å². The van der Waals surface area contributed by atoms with Crippen molar-refractivity contribution in [1.29, 1.82) is 0 Å². The molecule has 2 heterocycles. The van der Waals surface area contributed by atoms with Crippen LogP contribution in [-0.4, -0.2) is 40.1 Å². The zero-order valence-electron chi connectivity index (χ0n) is 13.6. The van der Waals surface area contributed by atoms with Gasteiger partial charge in [0.2, 0.25) is 0 Å². The van der Waals surface area contributed by atoms with Gasteiger partial charge in [0.05, 0.1) is 12.1 Å². The number of hydrogen-bond donors (Lipinski definition) is 2. The van der Waals surface area contributed by atoms with Crippen LogP contribution in [-0.2, 0) is 11.3 Å². The summed E-state index contributed by atoms with van der Waals surface area (Å²) < 4.78 is 44.6. The zero-order chi connectivity index (χ0) is 19.6. The number of carbonyl (C=O) groups is 1. The molecule has 0 saturated carbocycles. The van der Waals surface area contributed by atoms with Crippen molar-refractivity contribution in [3.05, 3.63) is 44.3 Å². The van der Waals surface area contributed by atoms with Gasteiger partial charge in [-0.05, 0) is 40.7 Å². The number of alkyl halides is 3. The lowest BCUT2D eigenvalue weighted by atomic mass is 10.3. The summed E-state index contributed by atoms with van der Waals surface area (Å²) in [4.78, 5) is 18.2. The van der Waals surface area contributed by atoms with Crippen LogP contribution in [0.3, 0.4) is 0 Å². The fraction of sp³-hybridized carbons (Fsp3) is 0.250. The van der Waals surface area contributed by atoms with Crippen molar-refractivity contribution in [2.24, 2.45) is 0 Å². The Bertz CT molecular complexity index is 999. The van der Waals surface area contributed by atoms with Gasteiger partial charge in [-0.2, -0.15) is 24.5 Å². The molecule has 0 atom stereocenters. The molecule has 2 aromatic heterocycles. The highest BCUT2D eigenvalue weighted by molar-refractivity contribution is 7.71. The Balaban J connectivity index is 1.74. The van der Waals surface area contributed by atoms with Gasteiger partial charge in [-0.3, -0.25) is 4.79 Å². The number of benzene rings is 1. The number of nitrogens with one attached hydrogen (secondary N) is 2. The van der Waals surface area contributed by atoms with Crippen molar-refractivity contribution in [2.45, 2.75) is 12.7 Å². The standard InChI is InChI=1S/C16H13ClF3N3O2S2/c17-10-5-11-13(22-15(26)21-11)12(6-10)25-3-2-23(14(24)16(18,19)20)7-9-1-4-27-8-9/h1,4-6,8H,2-3,7H2,(H2,21,22,26). The highest BCUT2D eigenvalue weighted by Gasteiger charge is 2.42. The zero-order valence-corrected chi connectivity index (χ0v) is 16.0. The van der Waals surface area contributed by atoms with Crippen LogP contribution in [0.5, 0.6) is 5.75 Å². The summed E-state index contributed by atoms with van der Waals surface area (Å²) in [6, 6.07) is 4.84. The van der Waals surface area contributed by atoms with Crippen LogP contribution < -0.4 is 4.74 Å². The molecular weight excluding hydrogens is 423 g/mol. The van der Waals surface area contributed by atoms with Gasteiger partial charge in [0, 0.05) is 17.6 Å². The molecule has 1 amide bonds. The Kier molecular flexibility index (Phi) is 5.78. The Morgan fingerprint density at radius 3 is 2.78 bits per heavy atom. The Morgan fingerprint density at radius 1 is 1.33 bits per heavy atom. The van der Waals surface area contributed by atoms with E-state index in [9.17, 15) is 18.0 Å². The van der Waals surface area contributed by atoms with Gasteiger partial charge in [-0.1, -0.05) is 11.6 Å². The molecule has 0 radical (unpaired) electrons. The number of imidazole rings is 1. The van der Waals surface area contributed by atoms with Crippen molar-refractivity contribution < 1.29 is 22.7 Å². The SMILES string of the molecule is O=C(N(CCOc1cc(Cl)cc2[nH]c(=S)[nH]c12)Cc1ccsc1)C(F)(F)F. The van der Waals surface area contributed by atoms with Gasteiger partial charge in [0.15, 0.2) is 4.77 Å². The summed E-state index contributed by atoms with van der Waals surface area (Å²) in [5, 5.41) is 3.81. The largest absolute Gasteiger partial charge is 0.489 e. The summed E-state index contributed by atoms with van der Waals surface area (Å²) in [5.41, 5.74) is 1.79. The van der Waals surface area contributed by atoms with Gasteiger partial charge in [0.1, 0.15) is 17.9 Å². The van der Waals surface area contributed by atoms with Crippen LogP contribution >= 0.6 is 35.2 Å². The summed E-state index contributed by atoms with van der Waals surface area (Å²) in [6.45, 7) is -0.538. The van der Waals surface area contributed by atoms with Crippen molar-refractivity contribution in [3.63, 3.8) is 0 Å². The number of carbonyl (C=O) groups excluding carboxylic acids is 1. The van der Waals surface area contributed by atoms with E-state index in [0.29, 0.717) is 37.0 Å². The molecule has 3 rings (SSSR count). The summed E-state index contributed by atoms with van der Waals surface area (Å²) in [7, 11) is 0. The van der Waals surface area contributed by atoms with Crippen LogP contribution in [0.25, 0.3) is 11.0 Å². The molecule has 0 aliphatic heterocycles. The normalized spacial score (nSPS) is 11.7. The lowest BCUT2D eigenvalue weighted by Crippen LogP contribution is -2.42. The molecule has 0 saturated heterocycles. The van der Waals surface area contributed by atoms with Crippen LogP contribution in [0.4, 0.5) is 13.2 Å². The van der Waals surface area contributed by atoms with E-state index in [1.54, 1.807) is 22.9 Å². The fourth-order valence-electron chi connectivity index (χ4n) is 2.49. The monoisotopic (exact) mass is 435 g/mol. The van der Waals surface area contributed by atoms with Crippen molar-refractivity contribution in [2.75, 3.05) is 13.2 Å². The number of halogens is 4. The average molecular weight is 436 g/mol. The van der Waals surface area contributed by atoms with E-state index in [0.717, 1.165) is 0 Å². The second-order valence-electron chi connectivity index (χ2n) is 5.61. The molecule has 0 unspecified atom stereocenters. The minimum Gasteiger partial charge on any atom is -0.489 e. The van der Waals surface area contributed by atoms with E-state index in [2.05, 4.69) is 9.97 Å². The van der Waals surface area contributed by atoms with E-state index < -0.39 is 12.1 Å². The smallest absolute Gasteiger partial charge is 0.471 e. The fourth-order valence-corrected chi connectivity index (χ4v) is 3.57. The molecule has 3 aromatic rings. The number of hydrogen-bond acceptors (Lipinski definition) is 4. The van der Waals surface area contributed by atoms with E-state index in [1.165, 1.54) is 17.4 Å². The second-order valence-corrected chi connectivity index (χ2v) is 7.23. The molecule has 0 fully saturated rings. The number of aromatic nitrogens is 2. The molecule has 27 heavy (non-hydrogen) atoms. The van der Waals surface area contributed by atoms with Gasteiger partial charge in [-0.25, -0.2) is 0 Å². The lowest BCUT2D eigenvalue weighted by Gasteiger charge is -2.23. The number of thiophene rings is 1. The molecule has 144 valence electrons. The molecule has 1 aromatic carbocycles. The number of H-pyrrole nitrogens is 2. The number of amides is 1. The highest BCUT2D eigenvalue weighted by atomic mass is 35.5. The van der Waals surface area contributed by atoms with Crippen LogP contribution in [0.2, 0.25) is 5.02 Å². The van der Waals surface area contributed by atoms with Crippen LogP contribution in [0.15, 0.2) is 29.0 Å². The molecule has 5 nitrogen and oxygen atoms in total. The average Bonchev–Trinajstić information content (AvgIpc) is 3.20. The second kappa shape index (κ2) is 7.91. The van der Waals surface area contributed by atoms with E-state index >= 15 is 0 Å². The first-order chi connectivity index (χ1) is 12.7. The Hall–Kier alpha value is -2.04. The molecule has 0 aliphatic rings.